The third-order valence-electron chi connectivity index (χ3n) is 4.90. The Kier molecular flexibility index (Phi) is 5.52. The minimum atomic E-state index is -0.636. The largest absolute Gasteiger partial charge is 0.490 e. The summed E-state index contributed by atoms with van der Waals surface area (Å²) >= 11 is 0. The Labute approximate surface area is 177 Å². The van der Waals surface area contributed by atoms with E-state index in [1.807, 2.05) is 6.92 Å². The highest BCUT2D eigenvalue weighted by atomic mass is 19.1. The fourth-order valence-electron chi connectivity index (χ4n) is 3.49. The second-order valence-electron chi connectivity index (χ2n) is 6.90. The minimum Gasteiger partial charge on any atom is -0.490 e. The molecule has 31 heavy (non-hydrogen) atoms. The summed E-state index contributed by atoms with van der Waals surface area (Å²) < 4.78 is 27.0. The van der Waals surface area contributed by atoms with Gasteiger partial charge in [-0.2, -0.15) is 4.68 Å². The van der Waals surface area contributed by atoms with E-state index in [9.17, 15) is 9.18 Å². The second-order valence-corrected chi connectivity index (χ2v) is 6.90. The number of amides is 1. The highest BCUT2D eigenvalue weighted by molar-refractivity contribution is 5.95. The molecule has 1 aliphatic heterocycles. The summed E-state index contributed by atoms with van der Waals surface area (Å²) in [5, 5.41) is 14.6. The van der Waals surface area contributed by atoms with Crippen molar-refractivity contribution in [1.82, 2.24) is 20.2 Å². The fraction of sp³-hybridized carbons (Fsp3) is 0.238. The van der Waals surface area contributed by atoms with Crippen LogP contribution in [0.25, 0.3) is 0 Å². The average Bonchev–Trinajstić information content (AvgIpc) is 3.21. The van der Waals surface area contributed by atoms with Crippen molar-refractivity contribution in [3.63, 3.8) is 0 Å². The van der Waals surface area contributed by atoms with Gasteiger partial charge in [-0.15, -0.1) is 0 Å². The number of carbonyl (C=O) groups excluding carboxylic acids is 1. The molecule has 3 aromatic rings. The number of anilines is 1. The van der Waals surface area contributed by atoms with Gasteiger partial charge in [-0.3, -0.25) is 4.79 Å². The minimum absolute atomic E-state index is 0.0438. The van der Waals surface area contributed by atoms with Crippen LogP contribution in [0.3, 0.4) is 0 Å². The summed E-state index contributed by atoms with van der Waals surface area (Å²) in [6.07, 6.45) is 0. The van der Waals surface area contributed by atoms with Crippen molar-refractivity contribution < 1.29 is 18.7 Å². The average molecular weight is 424 g/mol. The van der Waals surface area contributed by atoms with E-state index in [1.165, 1.54) is 10.7 Å². The van der Waals surface area contributed by atoms with Crippen LogP contribution < -0.4 is 20.5 Å². The van der Waals surface area contributed by atoms with Crippen molar-refractivity contribution in [2.75, 3.05) is 11.9 Å². The predicted molar refractivity (Wildman–Crippen MR) is 110 cm³/mol. The smallest absolute Gasteiger partial charge is 0.248 e. The van der Waals surface area contributed by atoms with Gasteiger partial charge in [0.25, 0.3) is 0 Å². The lowest BCUT2D eigenvalue weighted by Gasteiger charge is -2.27. The predicted octanol–water partition coefficient (Wildman–Crippen LogP) is 2.56. The number of nitrogens with two attached hydrogens (primary N) is 1. The van der Waals surface area contributed by atoms with Gasteiger partial charge in [-0.05, 0) is 48.0 Å². The zero-order chi connectivity index (χ0) is 22.0. The first kappa shape index (κ1) is 20.3. The van der Waals surface area contributed by atoms with Crippen molar-refractivity contribution in [1.29, 1.82) is 0 Å². The van der Waals surface area contributed by atoms with Crippen LogP contribution in [0.4, 0.5) is 10.3 Å². The number of tetrazole rings is 1. The van der Waals surface area contributed by atoms with Gasteiger partial charge in [-0.1, -0.05) is 29.4 Å². The van der Waals surface area contributed by atoms with E-state index in [0.29, 0.717) is 46.5 Å². The Bertz CT molecular complexity index is 1160. The molecule has 3 N–H and O–H groups in total. The summed E-state index contributed by atoms with van der Waals surface area (Å²) in [6.45, 7) is 4.01. The number of ether oxygens (including phenoxy) is 2. The molecule has 1 atom stereocenters. The van der Waals surface area contributed by atoms with Gasteiger partial charge in [0.05, 0.1) is 12.2 Å². The third kappa shape index (κ3) is 3.91. The normalized spacial score (nSPS) is 15.3. The lowest BCUT2D eigenvalue weighted by Crippen LogP contribution is -2.31. The Morgan fingerprint density at radius 2 is 2.03 bits per heavy atom. The van der Waals surface area contributed by atoms with E-state index in [-0.39, 0.29) is 12.4 Å². The SMILES string of the molecule is CCOc1cc(C2C(C(N)=O)=C(C)Nc3nnnn32)ccc1OCc1ccccc1F. The maximum Gasteiger partial charge on any atom is 0.248 e. The first-order valence-electron chi connectivity index (χ1n) is 9.68. The molecular weight excluding hydrogens is 403 g/mol. The maximum atomic E-state index is 13.9. The lowest BCUT2D eigenvalue weighted by atomic mass is 9.95. The highest BCUT2D eigenvalue weighted by Gasteiger charge is 2.33. The number of hydrogen-bond donors (Lipinski definition) is 2. The molecule has 2 aromatic carbocycles. The van der Waals surface area contributed by atoms with Crippen LogP contribution in [0.2, 0.25) is 0 Å². The third-order valence-corrected chi connectivity index (χ3v) is 4.90. The number of halogens is 1. The van der Waals surface area contributed by atoms with Gasteiger partial charge < -0.3 is 20.5 Å². The van der Waals surface area contributed by atoms with Gasteiger partial charge in [0.1, 0.15) is 18.5 Å². The number of aromatic nitrogens is 4. The fourth-order valence-corrected chi connectivity index (χ4v) is 3.49. The number of nitrogens with zero attached hydrogens (tertiary/aromatic N) is 4. The van der Waals surface area contributed by atoms with Gasteiger partial charge in [-0.25, -0.2) is 4.39 Å². The number of hydrogen-bond acceptors (Lipinski definition) is 7. The van der Waals surface area contributed by atoms with Crippen LogP contribution >= 0.6 is 0 Å². The van der Waals surface area contributed by atoms with E-state index in [2.05, 4.69) is 20.8 Å². The standard InChI is InChI=1S/C21H21FN6O3/c1-3-30-17-10-13(8-9-16(17)31-11-14-6-4-5-7-15(14)22)19-18(20(23)29)12(2)24-21-25-26-27-28(19)21/h4-10,19H,3,11H2,1-2H3,(H2,23,29)(H,24,25,27). The molecule has 0 aliphatic carbocycles. The number of benzene rings is 2. The number of fused-ring (bicyclic) bond motifs is 1. The summed E-state index contributed by atoms with van der Waals surface area (Å²) in [7, 11) is 0. The summed E-state index contributed by atoms with van der Waals surface area (Å²) in [4.78, 5) is 12.2. The molecule has 0 radical (unpaired) electrons. The van der Waals surface area contributed by atoms with E-state index in [0.717, 1.165) is 0 Å². The molecule has 0 fully saturated rings. The molecule has 1 amide bonds. The molecule has 0 spiro atoms. The number of rotatable bonds is 7. The summed E-state index contributed by atoms with van der Waals surface area (Å²) in [5.41, 5.74) is 7.67. The van der Waals surface area contributed by atoms with Crippen LogP contribution in [0.1, 0.15) is 31.0 Å². The maximum absolute atomic E-state index is 13.9. The first-order valence-corrected chi connectivity index (χ1v) is 9.68. The van der Waals surface area contributed by atoms with Gasteiger partial charge in [0.2, 0.25) is 11.9 Å². The number of nitrogens with one attached hydrogen (secondary N) is 1. The zero-order valence-electron chi connectivity index (χ0n) is 17.0. The lowest BCUT2D eigenvalue weighted by molar-refractivity contribution is -0.115. The Morgan fingerprint density at radius 3 is 2.77 bits per heavy atom. The van der Waals surface area contributed by atoms with E-state index in [4.69, 9.17) is 15.2 Å². The molecule has 9 nitrogen and oxygen atoms in total. The molecule has 0 saturated carbocycles. The number of carbonyl (C=O) groups is 1. The van der Waals surface area contributed by atoms with Crippen LogP contribution in [-0.2, 0) is 11.4 Å². The van der Waals surface area contributed by atoms with Crippen molar-refractivity contribution in [3.8, 4) is 11.5 Å². The van der Waals surface area contributed by atoms with Gasteiger partial charge in [0.15, 0.2) is 11.5 Å². The van der Waals surface area contributed by atoms with Crippen LogP contribution in [0, 0.1) is 5.82 Å². The van der Waals surface area contributed by atoms with Crippen molar-refractivity contribution in [3.05, 3.63) is 70.7 Å². The Morgan fingerprint density at radius 1 is 1.23 bits per heavy atom. The summed E-state index contributed by atoms with van der Waals surface area (Å²) in [6, 6.07) is 11.0. The molecule has 1 aliphatic rings. The Balaban J connectivity index is 1.70. The Hall–Kier alpha value is -3.95. The van der Waals surface area contributed by atoms with Crippen molar-refractivity contribution in [2.24, 2.45) is 5.73 Å². The molecule has 2 heterocycles. The molecule has 160 valence electrons. The van der Waals surface area contributed by atoms with E-state index < -0.39 is 11.9 Å². The van der Waals surface area contributed by atoms with E-state index >= 15 is 0 Å². The molecule has 0 saturated heterocycles. The highest BCUT2D eigenvalue weighted by Crippen LogP contribution is 2.38. The zero-order valence-corrected chi connectivity index (χ0v) is 17.0. The number of allylic oxidation sites excluding steroid dienone is 1. The quantitative estimate of drug-likeness (QED) is 0.599. The molecule has 1 aromatic heterocycles. The second kappa shape index (κ2) is 8.42. The topological polar surface area (TPSA) is 117 Å². The summed E-state index contributed by atoms with van der Waals surface area (Å²) in [5.74, 6) is 0.357. The molecule has 0 bridgehead atoms. The molecule has 4 rings (SSSR count). The molecular formula is C21H21FN6O3. The van der Waals surface area contributed by atoms with Gasteiger partial charge in [0, 0.05) is 11.3 Å². The monoisotopic (exact) mass is 424 g/mol. The van der Waals surface area contributed by atoms with Gasteiger partial charge >= 0.3 is 0 Å². The van der Waals surface area contributed by atoms with Crippen molar-refractivity contribution in [2.45, 2.75) is 26.5 Å². The first-order chi connectivity index (χ1) is 15.0. The van der Waals surface area contributed by atoms with Crippen LogP contribution in [0.5, 0.6) is 11.5 Å². The van der Waals surface area contributed by atoms with Crippen LogP contribution in [0.15, 0.2) is 53.7 Å². The van der Waals surface area contributed by atoms with E-state index in [1.54, 1.807) is 43.3 Å². The molecule has 10 heteroatoms. The number of primary amides is 1. The van der Waals surface area contributed by atoms with Crippen LogP contribution in [-0.4, -0.2) is 32.7 Å². The van der Waals surface area contributed by atoms with Crippen molar-refractivity contribution >= 4 is 11.9 Å². The molecule has 1 unspecified atom stereocenters.